The molecule has 0 aliphatic carbocycles. The maximum Gasteiger partial charge on any atom is 0.310 e. The molecule has 4 rings (SSSR count). The first-order valence-electron chi connectivity index (χ1n) is 11.2. The molecule has 182 valence electrons. The highest BCUT2D eigenvalue weighted by molar-refractivity contribution is 6.05. The number of amides is 1. The number of fused-ring (bicyclic) bond motifs is 1. The summed E-state index contributed by atoms with van der Waals surface area (Å²) in [6.07, 6.45) is -0.348. The van der Waals surface area contributed by atoms with Crippen molar-refractivity contribution in [2.75, 3.05) is 37.5 Å². The SMILES string of the molecule is COC(=O)Cc1cc(NC(=O)c2ccc(OC[C@@H]3CN(C)c4ccccc4O3)cc2C)ccc1F. The van der Waals surface area contributed by atoms with E-state index in [4.69, 9.17) is 9.47 Å². The topological polar surface area (TPSA) is 77.1 Å². The summed E-state index contributed by atoms with van der Waals surface area (Å²) < 4.78 is 30.6. The molecule has 3 aromatic rings. The Morgan fingerprint density at radius 2 is 1.94 bits per heavy atom. The molecule has 0 unspecified atom stereocenters. The van der Waals surface area contributed by atoms with Crippen LogP contribution in [0.1, 0.15) is 21.5 Å². The Morgan fingerprint density at radius 1 is 1.14 bits per heavy atom. The van der Waals surface area contributed by atoms with Gasteiger partial charge in [-0.3, -0.25) is 9.59 Å². The van der Waals surface area contributed by atoms with Crippen molar-refractivity contribution in [1.29, 1.82) is 0 Å². The molecule has 3 aromatic carbocycles. The molecule has 0 radical (unpaired) electrons. The van der Waals surface area contributed by atoms with Crippen LogP contribution in [-0.2, 0) is 16.0 Å². The van der Waals surface area contributed by atoms with Crippen LogP contribution in [0.2, 0.25) is 0 Å². The van der Waals surface area contributed by atoms with Crippen LogP contribution in [0, 0.1) is 12.7 Å². The van der Waals surface area contributed by atoms with Crippen molar-refractivity contribution >= 4 is 23.3 Å². The van der Waals surface area contributed by atoms with E-state index in [2.05, 4.69) is 15.0 Å². The molecule has 1 N–H and O–H groups in total. The second kappa shape index (κ2) is 10.5. The van der Waals surface area contributed by atoms with Crippen molar-refractivity contribution in [2.45, 2.75) is 19.4 Å². The number of carbonyl (C=O) groups excluding carboxylic acids is 2. The number of para-hydroxylation sites is 2. The number of aryl methyl sites for hydroxylation is 1. The minimum atomic E-state index is -0.562. The van der Waals surface area contributed by atoms with Crippen LogP contribution in [-0.4, -0.2) is 45.3 Å². The van der Waals surface area contributed by atoms with Gasteiger partial charge in [0.25, 0.3) is 5.91 Å². The molecule has 1 aliphatic heterocycles. The smallest absolute Gasteiger partial charge is 0.310 e. The molecule has 1 heterocycles. The first-order valence-corrected chi connectivity index (χ1v) is 11.2. The van der Waals surface area contributed by atoms with Gasteiger partial charge in [-0.05, 0) is 61.0 Å². The van der Waals surface area contributed by atoms with Gasteiger partial charge in [-0.25, -0.2) is 4.39 Å². The summed E-state index contributed by atoms with van der Waals surface area (Å²) in [5.74, 6) is 0.00872. The van der Waals surface area contributed by atoms with Gasteiger partial charge in [-0.1, -0.05) is 12.1 Å². The van der Waals surface area contributed by atoms with E-state index in [0.717, 1.165) is 17.0 Å². The number of esters is 1. The second-order valence-electron chi connectivity index (χ2n) is 8.39. The van der Waals surface area contributed by atoms with E-state index < -0.39 is 11.8 Å². The summed E-state index contributed by atoms with van der Waals surface area (Å²) in [6, 6.07) is 17.2. The summed E-state index contributed by atoms with van der Waals surface area (Å²) >= 11 is 0. The number of rotatable bonds is 7. The van der Waals surface area contributed by atoms with Gasteiger partial charge in [-0.15, -0.1) is 0 Å². The summed E-state index contributed by atoms with van der Waals surface area (Å²) in [4.78, 5) is 26.4. The van der Waals surface area contributed by atoms with Gasteiger partial charge < -0.3 is 24.4 Å². The van der Waals surface area contributed by atoms with Gasteiger partial charge in [0.05, 0.1) is 25.8 Å². The predicted molar refractivity (Wildman–Crippen MR) is 131 cm³/mol. The highest BCUT2D eigenvalue weighted by Crippen LogP contribution is 2.32. The van der Waals surface area contributed by atoms with Crippen LogP contribution in [0.25, 0.3) is 0 Å². The van der Waals surface area contributed by atoms with Crippen LogP contribution in [0.3, 0.4) is 0 Å². The third-order valence-corrected chi connectivity index (χ3v) is 5.79. The lowest BCUT2D eigenvalue weighted by atomic mass is 10.1. The van der Waals surface area contributed by atoms with E-state index in [1.54, 1.807) is 18.2 Å². The van der Waals surface area contributed by atoms with Crippen LogP contribution < -0.4 is 19.7 Å². The molecule has 1 amide bonds. The summed E-state index contributed by atoms with van der Waals surface area (Å²) in [5.41, 5.74) is 2.76. The highest BCUT2D eigenvalue weighted by Gasteiger charge is 2.23. The minimum Gasteiger partial charge on any atom is -0.490 e. The molecule has 7 nitrogen and oxygen atoms in total. The Hall–Kier alpha value is -4.07. The zero-order valence-electron chi connectivity index (χ0n) is 19.8. The van der Waals surface area contributed by atoms with Crippen molar-refractivity contribution < 1.29 is 28.2 Å². The predicted octanol–water partition coefficient (Wildman–Crippen LogP) is 4.38. The monoisotopic (exact) mass is 478 g/mol. The fourth-order valence-corrected chi connectivity index (χ4v) is 3.96. The third-order valence-electron chi connectivity index (χ3n) is 5.79. The quantitative estimate of drug-likeness (QED) is 0.508. The van der Waals surface area contributed by atoms with E-state index in [1.807, 2.05) is 38.2 Å². The summed E-state index contributed by atoms with van der Waals surface area (Å²) in [7, 11) is 3.26. The summed E-state index contributed by atoms with van der Waals surface area (Å²) in [6.45, 7) is 2.88. The van der Waals surface area contributed by atoms with E-state index in [9.17, 15) is 14.0 Å². The zero-order valence-corrected chi connectivity index (χ0v) is 19.8. The number of methoxy groups -OCH3 is 1. The minimum absolute atomic E-state index is 0.129. The molecule has 0 saturated heterocycles. The lowest BCUT2D eigenvalue weighted by molar-refractivity contribution is -0.139. The van der Waals surface area contributed by atoms with E-state index in [-0.39, 0.29) is 24.0 Å². The average molecular weight is 479 g/mol. The molecule has 0 fully saturated rings. The molecule has 0 spiro atoms. The molecule has 0 aromatic heterocycles. The van der Waals surface area contributed by atoms with Crippen molar-refractivity contribution in [2.24, 2.45) is 0 Å². The first-order chi connectivity index (χ1) is 16.8. The van der Waals surface area contributed by atoms with Gasteiger partial charge in [0.1, 0.15) is 30.0 Å². The second-order valence-corrected chi connectivity index (χ2v) is 8.39. The maximum absolute atomic E-state index is 14.0. The Labute approximate surface area is 203 Å². The Kier molecular flexibility index (Phi) is 7.19. The third kappa shape index (κ3) is 5.71. The Bertz CT molecular complexity index is 1250. The van der Waals surface area contributed by atoms with Gasteiger partial charge in [0.15, 0.2) is 0 Å². The van der Waals surface area contributed by atoms with Gasteiger partial charge in [-0.2, -0.15) is 0 Å². The number of nitrogens with one attached hydrogen (secondary N) is 1. The van der Waals surface area contributed by atoms with Gasteiger partial charge in [0, 0.05) is 23.9 Å². The molecule has 35 heavy (non-hydrogen) atoms. The molecular weight excluding hydrogens is 451 g/mol. The number of ether oxygens (including phenoxy) is 3. The van der Waals surface area contributed by atoms with E-state index in [1.165, 1.54) is 25.3 Å². The summed E-state index contributed by atoms with van der Waals surface area (Å²) in [5, 5.41) is 2.75. The molecule has 0 bridgehead atoms. The zero-order chi connectivity index (χ0) is 24.9. The normalized spacial score (nSPS) is 14.5. The number of carbonyl (C=O) groups is 2. The van der Waals surface area contributed by atoms with Crippen LogP contribution >= 0.6 is 0 Å². The van der Waals surface area contributed by atoms with Crippen LogP contribution in [0.5, 0.6) is 11.5 Å². The van der Waals surface area contributed by atoms with E-state index >= 15 is 0 Å². The Balaban J connectivity index is 1.38. The van der Waals surface area contributed by atoms with Crippen molar-refractivity contribution in [3.05, 3.63) is 83.2 Å². The lowest BCUT2D eigenvalue weighted by Crippen LogP contribution is -2.41. The largest absolute Gasteiger partial charge is 0.490 e. The number of likely N-dealkylation sites (N-methyl/N-ethyl adjacent to an activating group) is 1. The Morgan fingerprint density at radius 3 is 2.71 bits per heavy atom. The number of benzene rings is 3. The highest BCUT2D eigenvalue weighted by atomic mass is 19.1. The number of nitrogens with zero attached hydrogens (tertiary/aromatic N) is 1. The number of halogens is 1. The van der Waals surface area contributed by atoms with Crippen LogP contribution in [0.4, 0.5) is 15.8 Å². The maximum atomic E-state index is 14.0. The average Bonchev–Trinajstić information content (AvgIpc) is 2.84. The number of anilines is 2. The van der Waals surface area contributed by atoms with Crippen molar-refractivity contribution in [1.82, 2.24) is 0 Å². The first kappa shape index (κ1) is 24.1. The van der Waals surface area contributed by atoms with Gasteiger partial charge >= 0.3 is 5.97 Å². The lowest BCUT2D eigenvalue weighted by Gasteiger charge is -2.33. The fraction of sp³-hybridized carbons (Fsp3) is 0.259. The fourth-order valence-electron chi connectivity index (χ4n) is 3.96. The molecular formula is C27H27FN2O5. The van der Waals surface area contributed by atoms with Crippen molar-refractivity contribution in [3.8, 4) is 11.5 Å². The molecule has 1 aliphatic rings. The van der Waals surface area contributed by atoms with Crippen LogP contribution in [0.15, 0.2) is 60.7 Å². The molecule has 1 atom stereocenters. The number of hydrogen-bond acceptors (Lipinski definition) is 6. The molecule has 0 saturated carbocycles. The van der Waals surface area contributed by atoms with Crippen molar-refractivity contribution in [3.63, 3.8) is 0 Å². The molecule has 8 heteroatoms. The number of hydrogen-bond donors (Lipinski definition) is 1. The van der Waals surface area contributed by atoms with Gasteiger partial charge in [0.2, 0.25) is 0 Å². The van der Waals surface area contributed by atoms with E-state index in [0.29, 0.717) is 30.2 Å². The standard InChI is InChI=1S/C27H27FN2O5/c1-17-12-20(34-16-21-15-30(2)24-6-4-5-7-25(24)35-21)9-10-22(17)27(32)29-19-8-11-23(28)18(13-19)14-26(31)33-3/h4-13,21H,14-16H2,1-3H3,(H,29,32)/t21-/m0/s1.